The van der Waals surface area contributed by atoms with Gasteiger partial charge in [-0.2, -0.15) is 0 Å². The molecule has 7 heteroatoms. The molecule has 0 aromatic rings. The summed E-state index contributed by atoms with van der Waals surface area (Å²) in [5.41, 5.74) is 0. The molecule has 1 heterocycles. The molecule has 0 aromatic heterocycles. The van der Waals surface area contributed by atoms with Gasteiger partial charge < -0.3 is 29.9 Å². The minimum absolute atomic E-state index is 0.123. The molecule has 0 radical (unpaired) electrons. The molecule has 4 N–H and O–H groups in total. The molecule has 2 rings (SSSR count). The molecular formula is C14H24O7. The Balaban J connectivity index is 1.98. The Hall–Kier alpha value is -0.730. The van der Waals surface area contributed by atoms with E-state index < -0.39 is 36.7 Å². The van der Waals surface area contributed by atoms with Gasteiger partial charge in [-0.1, -0.05) is 32.1 Å². The molecule has 0 amide bonds. The van der Waals surface area contributed by atoms with Gasteiger partial charge in [-0.3, -0.25) is 0 Å². The number of ether oxygens (including phenoxy) is 2. The number of hydrogen-bond acceptors (Lipinski definition) is 6. The summed E-state index contributed by atoms with van der Waals surface area (Å²) in [6.07, 6.45) is -0.526. The third-order valence-electron chi connectivity index (χ3n) is 4.19. The van der Waals surface area contributed by atoms with E-state index in [1.807, 2.05) is 0 Å². The number of aliphatic hydroxyl groups is 3. The van der Waals surface area contributed by atoms with Gasteiger partial charge >= 0.3 is 5.97 Å². The molecule has 122 valence electrons. The molecule has 1 aliphatic carbocycles. The van der Waals surface area contributed by atoms with E-state index in [0.717, 1.165) is 38.5 Å². The van der Waals surface area contributed by atoms with Crippen LogP contribution in [-0.4, -0.2) is 63.2 Å². The summed E-state index contributed by atoms with van der Waals surface area (Å²) in [6.45, 7) is 0. The van der Waals surface area contributed by atoms with Gasteiger partial charge in [0.15, 0.2) is 12.4 Å². The van der Waals surface area contributed by atoms with Crippen molar-refractivity contribution in [1.82, 2.24) is 0 Å². The maximum atomic E-state index is 11.0. The monoisotopic (exact) mass is 304 g/mol. The van der Waals surface area contributed by atoms with Gasteiger partial charge in [0.25, 0.3) is 0 Å². The van der Waals surface area contributed by atoms with Crippen LogP contribution in [0.3, 0.4) is 0 Å². The lowest BCUT2D eigenvalue weighted by atomic mass is 9.97. The van der Waals surface area contributed by atoms with Crippen molar-refractivity contribution in [2.24, 2.45) is 0 Å². The standard InChI is InChI=1S/C14H24O7/c15-9-10(16)12(13(18)19)21-14(11(9)17)20-8-6-4-2-1-3-5-7-8/h8-12,14-17H,1-7H2,(H,18,19)/t9-,10-,11+,12-,14+/m0/s1. The Morgan fingerprint density at radius 3 is 2.05 bits per heavy atom. The highest BCUT2D eigenvalue weighted by Crippen LogP contribution is 2.27. The zero-order valence-corrected chi connectivity index (χ0v) is 11.9. The van der Waals surface area contributed by atoms with E-state index in [0.29, 0.717) is 0 Å². The van der Waals surface area contributed by atoms with Crippen LogP contribution < -0.4 is 0 Å². The lowest BCUT2D eigenvalue weighted by Gasteiger charge is -2.40. The molecule has 0 bridgehead atoms. The molecule has 21 heavy (non-hydrogen) atoms. The first kappa shape index (κ1) is 16.6. The predicted octanol–water partition coefficient (Wildman–Crippen LogP) is 0.00810. The molecule has 2 aliphatic rings. The molecule has 0 spiro atoms. The van der Waals surface area contributed by atoms with E-state index in [-0.39, 0.29) is 6.10 Å². The summed E-state index contributed by atoms with van der Waals surface area (Å²) in [6, 6.07) is 0. The molecule has 1 saturated heterocycles. The third kappa shape index (κ3) is 4.14. The number of aliphatic hydroxyl groups excluding tert-OH is 3. The summed E-state index contributed by atoms with van der Waals surface area (Å²) in [5.74, 6) is -1.39. The van der Waals surface area contributed by atoms with Crippen molar-refractivity contribution < 1.29 is 34.7 Å². The normalized spacial score (nSPS) is 39.5. The van der Waals surface area contributed by atoms with Crippen LogP contribution in [0.5, 0.6) is 0 Å². The molecule has 1 aliphatic heterocycles. The molecular weight excluding hydrogens is 280 g/mol. The van der Waals surface area contributed by atoms with E-state index in [2.05, 4.69) is 0 Å². The smallest absolute Gasteiger partial charge is 0.335 e. The van der Waals surface area contributed by atoms with Gasteiger partial charge in [-0.05, 0) is 12.8 Å². The fourth-order valence-electron chi connectivity index (χ4n) is 2.91. The molecule has 0 unspecified atom stereocenters. The van der Waals surface area contributed by atoms with Crippen molar-refractivity contribution >= 4 is 5.97 Å². The summed E-state index contributed by atoms with van der Waals surface area (Å²) >= 11 is 0. The lowest BCUT2D eigenvalue weighted by molar-refractivity contribution is -0.305. The number of carboxylic acid groups (broad SMARTS) is 1. The SMILES string of the molecule is O=C(O)[C@H]1O[C@@H](OC2CCCCCCC2)[C@H](O)[C@@H](O)[C@@H]1O. The Bertz CT molecular complexity index is 340. The molecule has 5 atom stereocenters. The van der Waals surface area contributed by atoms with Crippen molar-refractivity contribution in [1.29, 1.82) is 0 Å². The van der Waals surface area contributed by atoms with E-state index >= 15 is 0 Å². The summed E-state index contributed by atoms with van der Waals surface area (Å²) in [5, 5.41) is 38.3. The second kappa shape index (κ2) is 7.51. The van der Waals surface area contributed by atoms with Crippen LogP contribution in [0.4, 0.5) is 0 Å². The van der Waals surface area contributed by atoms with E-state index in [4.69, 9.17) is 14.6 Å². The maximum absolute atomic E-state index is 11.0. The minimum atomic E-state index is -1.67. The fourth-order valence-corrected chi connectivity index (χ4v) is 2.91. The zero-order chi connectivity index (χ0) is 15.4. The van der Waals surface area contributed by atoms with Gasteiger partial charge in [0.05, 0.1) is 6.10 Å². The van der Waals surface area contributed by atoms with Crippen LogP contribution in [0.2, 0.25) is 0 Å². The average molecular weight is 304 g/mol. The maximum Gasteiger partial charge on any atom is 0.335 e. The van der Waals surface area contributed by atoms with Crippen molar-refractivity contribution in [2.45, 2.75) is 81.8 Å². The predicted molar refractivity (Wildman–Crippen MR) is 71.5 cm³/mol. The van der Waals surface area contributed by atoms with Crippen molar-refractivity contribution in [2.75, 3.05) is 0 Å². The number of hydrogen-bond donors (Lipinski definition) is 4. The van der Waals surface area contributed by atoms with Crippen LogP contribution in [0, 0.1) is 0 Å². The fraction of sp³-hybridized carbons (Fsp3) is 0.929. The quantitative estimate of drug-likeness (QED) is 0.580. The first-order chi connectivity index (χ1) is 10.0. The van der Waals surface area contributed by atoms with Crippen LogP contribution in [0.25, 0.3) is 0 Å². The number of rotatable bonds is 3. The topological polar surface area (TPSA) is 116 Å². The second-order valence-corrected chi connectivity index (χ2v) is 5.84. The largest absolute Gasteiger partial charge is 0.479 e. The highest BCUT2D eigenvalue weighted by atomic mass is 16.7. The first-order valence-corrected chi connectivity index (χ1v) is 7.58. The van der Waals surface area contributed by atoms with E-state index in [9.17, 15) is 20.1 Å². The number of carbonyl (C=O) groups is 1. The van der Waals surface area contributed by atoms with Gasteiger partial charge in [-0.25, -0.2) is 4.79 Å². The van der Waals surface area contributed by atoms with Gasteiger partial charge in [0, 0.05) is 0 Å². The number of carboxylic acids is 1. The molecule has 0 aromatic carbocycles. The first-order valence-electron chi connectivity index (χ1n) is 7.58. The highest BCUT2D eigenvalue weighted by molar-refractivity contribution is 5.73. The Morgan fingerprint density at radius 1 is 0.905 bits per heavy atom. The Morgan fingerprint density at radius 2 is 1.48 bits per heavy atom. The van der Waals surface area contributed by atoms with Crippen LogP contribution in [-0.2, 0) is 14.3 Å². The van der Waals surface area contributed by atoms with Crippen LogP contribution in [0.15, 0.2) is 0 Å². The van der Waals surface area contributed by atoms with Gasteiger partial charge in [0.2, 0.25) is 0 Å². The number of aliphatic carboxylic acids is 1. The highest BCUT2D eigenvalue weighted by Gasteiger charge is 2.48. The minimum Gasteiger partial charge on any atom is -0.479 e. The van der Waals surface area contributed by atoms with Crippen molar-refractivity contribution in [3.8, 4) is 0 Å². The van der Waals surface area contributed by atoms with Crippen molar-refractivity contribution in [3.05, 3.63) is 0 Å². The molecule has 2 fully saturated rings. The second-order valence-electron chi connectivity index (χ2n) is 5.84. The van der Waals surface area contributed by atoms with Crippen LogP contribution >= 0.6 is 0 Å². The summed E-state index contributed by atoms with van der Waals surface area (Å²) < 4.78 is 10.8. The van der Waals surface area contributed by atoms with Gasteiger partial charge in [0.1, 0.15) is 18.3 Å². The van der Waals surface area contributed by atoms with E-state index in [1.165, 1.54) is 6.42 Å². The van der Waals surface area contributed by atoms with Gasteiger partial charge in [-0.15, -0.1) is 0 Å². The zero-order valence-electron chi connectivity index (χ0n) is 11.9. The molecule has 1 saturated carbocycles. The third-order valence-corrected chi connectivity index (χ3v) is 4.19. The Labute approximate surface area is 123 Å². The Kier molecular flexibility index (Phi) is 5.95. The van der Waals surface area contributed by atoms with Crippen molar-refractivity contribution in [3.63, 3.8) is 0 Å². The lowest BCUT2D eigenvalue weighted by Crippen LogP contribution is -2.60. The van der Waals surface area contributed by atoms with E-state index in [1.54, 1.807) is 0 Å². The van der Waals surface area contributed by atoms with Crippen LogP contribution in [0.1, 0.15) is 44.9 Å². The summed E-state index contributed by atoms with van der Waals surface area (Å²) in [4.78, 5) is 11.0. The molecule has 7 nitrogen and oxygen atoms in total. The average Bonchev–Trinajstić information content (AvgIpc) is 2.41. The summed E-state index contributed by atoms with van der Waals surface area (Å²) in [7, 11) is 0.